The van der Waals surface area contributed by atoms with Crippen LogP contribution < -0.4 is 5.32 Å². The molecule has 1 N–H and O–H groups in total. The first-order valence-electron chi connectivity index (χ1n) is 10.8. The van der Waals surface area contributed by atoms with Crippen molar-refractivity contribution in [3.8, 4) is 0 Å². The Morgan fingerprint density at radius 2 is 1.68 bits per heavy atom. The smallest absolute Gasteiger partial charge is 0.327 e. The van der Waals surface area contributed by atoms with Crippen LogP contribution in [0.2, 0.25) is 0 Å². The van der Waals surface area contributed by atoms with Gasteiger partial charge in [-0.15, -0.1) is 0 Å². The Bertz CT molecular complexity index is 996. The third-order valence-corrected chi connectivity index (χ3v) is 6.60. The van der Waals surface area contributed by atoms with Gasteiger partial charge in [0.15, 0.2) is 0 Å². The van der Waals surface area contributed by atoms with Gasteiger partial charge < -0.3 is 15.1 Å². The van der Waals surface area contributed by atoms with Crippen LogP contribution in [-0.4, -0.2) is 64.4 Å². The standard InChI is InChI=1S/C24H26N4O3/c1-16(17-8-4-2-5-9-17)25-23(30)26-12-13-27-21(15-26)22(29)28(24(27)31)20-14-19(20)18-10-6-3-7-11-18/h2-11,16,19-21H,12-15H2,1H3,(H,25,30)/t16-,19?,20?,21?/m1/s1. The molecule has 3 aliphatic rings. The molecule has 5 rings (SSSR count). The summed E-state index contributed by atoms with van der Waals surface area (Å²) < 4.78 is 0. The second kappa shape index (κ2) is 7.72. The highest BCUT2D eigenvalue weighted by Gasteiger charge is 2.56. The van der Waals surface area contributed by atoms with Crippen molar-refractivity contribution in [1.82, 2.24) is 20.0 Å². The van der Waals surface area contributed by atoms with Gasteiger partial charge in [0.1, 0.15) is 6.04 Å². The number of rotatable bonds is 4. The van der Waals surface area contributed by atoms with Crippen LogP contribution in [0.15, 0.2) is 60.7 Å². The molecule has 31 heavy (non-hydrogen) atoms. The molecule has 4 atom stereocenters. The number of carbonyl (C=O) groups excluding carboxylic acids is 3. The van der Waals surface area contributed by atoms with E-state index in [1.807, 2.05) is 67.6 Å². The highest BCUT2D eigenvalue weighted by atomic mass is 16.2. The van der Waals surface area contributed by atoms with Gasteiger partial charge in [-0.05, 0) is 24.5 Å². The Balaban J connectivity index is 1.24. The summed E-state index contributed by atoms with van der Waals surface area (Å²) in [6.07, 6.45) is 0.806. The molecular formula is C24H26N4O3. The molecule has 2 aromatic carbocycles. The summed E-state index contributed by atoms with van der Waals surface area (Å²) in [5, 5.41) is 3.01. The number of imide groups is 1. The van der Waals surface area contributed by atoms with E-state index in [9.17, 15) is 14.4 Å². The topological polar surface area (TPSA) is 73.0 Å². The van der Waals surface area contributed by atoms with Crippen LogP contribution in [0.4, 0.5) is 9.59 Å². The second-order valence-corrected chi connectivity index (χ2v) is 8.55. The third kappa shape index (κ3) is 3.54. The van der Waals surface area contributed by atoms with E-state index in [2.05, 4.69) is 5.32 Å². The molecule has 2 heterocycles. The number of carbonyl (C=O) groups is 3. The van der Waals surface area contributed by atoms with Gasteiger partial charge in [0.05, 0.1) is 12.6 Å². The fraction of sp³-hybridized carbons (Fsp3) is 0.375. The van der Waals surface area contributed by atoms with Crippen LogP contribution in [0.3, 0.4) is 0 Å². The van der Waals surface area contributed by atoms with E-state index in [-0.39, 0.29) is 42.5 Å². The number of hydrogen-bond acceptors (Lipinski definition) is 3. The lowest BCUT2D eigenvalue weighted by Gasteiger charge is -2.35. The predicted molar refractivity (Wildman–Crippen MR) is 115 cm³/mol. The second-order valence-electron chi connectivity index (χ2n) is 8.55. The minimum Gasteiger partial charge on any atom is -0.331 e. The van der Waals surface area contributed by atoms with Crippen molar-refractivity contribution < 1.29 is 14.4 Å². The molecular weight excluding hydrogens is 392 g/mol. The first kappa shape index (κ1) is 19.6. The van der Waals surface area contributed by atoms with Gasteiger partial charge in [0.25, 0.3) is 5.91 Å². The lowest BCUT2D eigenvalue weighted by atomic mass is 10.1. The van der Waals surface area contributed by atoms with Crippen molar-refractivity contribution in [3.05, 3.63) is 71.8 Å². The Hall–Kier alpha value is -3.35. The Morgan fingerprint density at radius 3 is 2.39 bits per heavy atom. The molecule has 7 nitrogen and oxygen atoms in total. The first-order valence-corrected chi connectivity index (χ1v) is 10.8. The molecule has 160 valence electrons. The maximum atomic E-state index is 13.1. The highest BCUT2D eigenvalue weighted by Crippen LogP contribution is 2.46. The number of piperazine rings is 1. The van der Waals surface area contributed by atoms with E-state index in [0.717, 1.165) is 17.5 Å². The zero-order valence-corrected chi connectivity index (χ0v) is 17.5. The van der Waals surface area contributed by atoms with Gasteiger partial charge >= 0.3 is 12.1 Å². The number of fused-ring (bicyclic) bond motifs is 1. The molecule has 7 heteroatoms. The summed E-state index contributed by atoms with van der Waals surface area (Å²) in [6.45, 7) is 2.97. The van der Waals surface area contributed by atoms with Gasteiger partial charge in [-0.1, -0.05) is 60.7 Å². The Morgan fingerprint density at radius 1 is 1.00 bits per heavy atom. The number of nitrogens with zero attached hydrogens (tertiary/aromatic N) is 3. The molecule has 5 amide bonds. The van der Waals surface area contributed by atoms with Crippen LogP contribution in [-0.2, 0) is 4.79 Å². The molecule has 0 spiro atoms. The predicted octanol–water partition coefficient (Wildman–Crippen LogP) is 2.96. The first-order chi connectivity index (χ1) is 15.0. The Labute approximate surface area is 181 Å². The molecule has 0 radical (unpaired) electrons. The average Bonchev–Trinajstić information content (AvgIpc) is 3.55. The fourth-order valence-electron chi connectivity index (χ4n) is 4.73. The van der Waals surface area contributed by atoms with E-state index in [4.69, 9.17) is 0 Å². The zero-order valence-electron chi connectivity index (χ0n) is 17.5. The molecule has 2 aromatic rings. The van der Waals surface area contributed by atoms with Gasteiger partial charge in [0, 0.05) is 25.0 Å². The van der Waals surface area contributed by atoms with Crippen molar-refractivity contribution in [2.24, 2.45) is 0 Å². The maximum Gasteiger partial charge on any atom is 0.327 e. The van der Waals surface area contributed by atoms with Crippen LogP contribution in [0.1, 0.15) is 36.4 Å². The normalized spacial score (nSPS) is 26.0. The minimum atomic E-state index is -0.587. The lowest BCUT2D eigenvalue weighted by Crippen LogP contribution is -2.56. The van der Waals surface area contributed by atoms with Crippen LogP contribution in [0.5, 0.6) is 0 Å². The molecule has 0 bridgehead atoms. The summed E-state index contributed by atoms with van der Waals surface area (Å²) in [6, 6.07) is 18.6. The van der Waals surface area contributed by atoms with Gasteiger partial charge in [-0.2, -0.15) is 0 Å². The average molecular weight is 418 g/mol. The number of hydrogen-bond donors (Lipinski definition) is 1. The molecule has 1 aliphatic carbocycles. The third-order valence-electron chi connectivity index (χ3n) is 6.60. The summed E-state index contributed by atoms with van der Waals surface area (Å²) >= 11 is 0. The van der Waals surface area contributed by atoms with E-state index in [1.165, 1.54) is 4.90 Å². The summed E-state index contributed by atoms with van der Waals surface area (Å²) in [7, 11) is 0. The zero-order chi connectivity index (χ0) is 21.5. The van der Waals surface area contributed by atoms with Crippen molar-refractivity contribution >= 4 is 18.0 Å². The van der Waals surface area contributed by atoms with Crippen molar-refractivity contribution in [2.45, 2.75) is 37.4 Å². The van der Waals surface area contributed by atoms with E-state index in [0.29, 0.717) is 13.1 Å². The molecule has 3 fully saturated rings. The van der Waals surface area contributed by atoms with E-state index < -0.39 is 6.04 Å². The highest BCUT2D eigenvalue weighted by molar-refractivity contribution is 6.05. The molecule has 3 unspecified atom stereocenters. The van der Waals surface area contributed by atoms with E-state index in [1.54, 1.807) is 9.80 Å². The number of amides is 5. The van der Waals surface area contributed by atoms with E-state index >= 15 is 0 Å². The number of nitrogens with one attached hydrogen (secondary N) is 1. The quantitative estimate of drug-likeness (QED) is 0.776. The summed E-state index contributed by atoms with van der Waals surface area (Å²) in [5.41, 5.74) is 2.18. The number of urea groups is 2. The summed E-state index contributed by atoms with van der Waals surface area (Å²) in [4.78, 5) is 43.6. The van der Waals surface area contributed by atoms with Crippen molar-refractivity contribution in [1.29, 1.82) is 0 Å². The fourth-order valence-corrected chi connectivity index (χ4v) is 4.73. The van der Waals surface area contributed by atoms with Crippen LogP contribution in [0.25, 0.3) is 0 Å². The maximum absolute atomic E-state index is 13.1. The van der Waals surface area contributed by atoms with Gasteiger partial charge in [-0.3, -0.25) is 9.69 Å². The van der Waals surface area contributed by atoms with Crippen LogP contribution >= 0.6 is 0 Å². The van der Waals surface area contributed by atoms with Gasteiger partial charge in [-0.25, -0.2) is 9.59 Å². The lowest BCUT2D eigenvalue weighted by molar-refractivity contribution is -0.129. The molecule has 2 saturated heterocycles. The summed E-state index contributed by atoms with van der Waals surface area (Å²) in [5.74, 6) is 0.0311. The van der Waals surface area contributed by atoms with Crippen LogP contribution in [0, 0.1) is 0 Å². The SMILES string of the molecule is C[C@@H](NC(=O)N1CCN2C(=O)N(C3CC3c3ccccc3)C(=O)C2C1)c1ccccc1. The molecule has 1 saturated carbocycles. The van der Waals surface area contributed by atoms with Crippen molar-refractivity contribution in [3.63, 3.8) is 0 Å². The Kier molecular flexibility index (Phi) is 4.88. The minimum absolute atomic E-state index is 0.0756. The monoisotopic (exact) mass is 418 g/mol. The molecule has 0 aromatic heterocycles. The largest absolute Gasteiger partial charge is 0.331 e. The number of benzene rings is 2. The van der Waals surface area contributed by atoms with Crippen molar-refractivity contribution in [2.75, 3.05) is 19.6 Å². The molecule has 2 aliphatic heterocycles. The van der Waals surface area contributed by atoms with Gasteiger partial charge in [0.2, 0.25) is 0 Å².